The SMILES string of the molecule is CNCc1ccc(Cl)c(S(=O)(=O)N2CCCCC2)c1. The molecule has 19 heavy (non-hydrogen) atoms. The third-order valence-electron chi connectivity index (χ3n) is 3.31. The van der Waals surface area contributed by atoms with Crippen molar-refractivity contribution in [3.8, 4) is 0 Å². The van der Waals surface area contributed by atoms with Gasteiger partial charge in [-0.05, 0) is 37.6 Å². The molecule has 106 valence electrons. The van der Waals surface area contributed by atoms with Crippen molar-refractivity contribution in [2.75, 3.05) is 20.1 Å². The maximum Gasteiger partial charge on any atom is 0.244 e. The van der Waals surface area contributed by atoms with Crippen molar-refractivity contribution in [2.24, 2.45) is 0 Å². The second-order valence-corrected chi connectivity index (χ2v) is 7.07. The number of halogens is 1. The highest BCUT2D eigenvalue weighted by Crippen LogP contribution is 2.27. The van der Waals surface area contributed by atoms with Gasteiger partial charge in [-0.25, -0.2) is 8.42 Å². The fourth-order valence-electron chi connectivity index (χ4n) is 2.30. The van der Waals surface area contributed by atoms with Gasteiger partial charge in [-0.2, -0.15) is 4.31 Å². The van der Waals surface area contributed by atoms with E-state index in [0.717, 1.165) is 24.8 Å². The van der Waals surface area contributed by atoms with Crippen molar-refractivity contribution in [1.82, 2.24) is 9.62 Å². The molecule has 1 heterocycles. The number of rotatable bonds is 4. The van der Waals surface area contributed by atoms with Gasteiger partial charge in [0.15, 0.2) is 0 Å². The Bertz CT molecular complexity index is 540. The minimum Gasteiger partial charge on any atom is -0.316 e. The number of nitrogens with one attached hydrogen (secondary N) is 1. The van der Waals surface area contributed by atoms with E-state index < -0.39 is 10.0 Å². The lowest BCUT2D eigenvalue weighted by Gasteiger charge is -2.26. The van der Waals surface area contributed by atoms with Crippen LogP contribution in [0.15, 0.2) is 23.1 Å². The van der Waals surface area contributed by atoms with Crippen molar-refractivity contribution < 1.29 is 8.42 Å². The smallest absolute Gasteiger partial charge is 0.244 e. The number of hydrogen-bond donors (Lipinski definition) is 1. The average molecular weight is 303 g/mol. The first-order valence-electron chi connectivity index (χ1n) is 6.49. The molecule has 0 unspecified atom stereocenters. The van der Waals surface area contributed by atoms with E-state index in [1.165, 1.54) is 0 Å². The molecule has 1 N–H and O–H groups in total. The molecule has 0 spiro atoms. The maximum atomic E-state index is 12.6. The predicted molar refractivity (Wildman–Crippen MR) is 76.8 cm³/mol. The fraction of sp³-hybridized carbons (Fsp3) is 0.538. The van der Waals surface area contributed by atoms with Crippen LogP contribution in [0.25, 0.3) is 0 Å². The van der Waals surface area contributed by atoms with Crippen LogP contribution >= 0.6 is 11.6 Å². The lowest BCUT2D eigenvalue weighted by atomic mass is 10.2. The summed E-state index contributed by atoms with van der Waals surface area (Å²) < 4.78 is 26.7. The molecule has 1 saturated heterocycles. The van der Waals surface area contributed by atoms with E-state index in [0.29, 0.717) is 24.7 Å². The summed E-state index contributed by atoms with van der Waals surface area (Å²) in [6.45, 7) is 1.81. The Balaban J connectivity index is 2.35. The zero-order valence-electron chi connectivity index (χ0n) is 11.0. The molecular weight excluding hydrogens is 284 g/mol. The number of nitrogens with zero attached hydrogens (tertiary/aromatic N) is 1. The van der Waals surface area contributed by atoms with Crippen molar-refractivity contribution in [3.63, 3.8) is 0 Å². The van der Waals surface area contributed by atoms with Crippen LogP contribution in [0.5, 0.6) is 0 Å². The zero-order chi connectivity index (χ0) is 13.9. The molecule has 1 aliphatic heterocycles. The van der Waals surface area contributed by atoms with Crippen molar-refractivity contribution in [1.29, 1.82) is 0 Å². The van der Waals surface area contributed by atoms with Crippen LogP contribution < -0.4 is 5.32 Å². The highest BCUT2D eigenvalue weighted by atomic mass is 35.5. The van der Waals surface area contributed by atoms with E-state index in [-0.39, 0.29) is 4.90 Å². The molecular formula is C13H19ClN2O2S. The molecule has 2 rings (SSSR count). The molecule has 4 nitrogen and oxygen atoms in total. The Morgan fingerprint density at radius 1 is 1.26 bits per heavy atom. The van der Waals surface area contributed by atoms with Crippen LogP contribution in [0, 0.1) is 0 Å². The van der Waals surface area contributed by atoms with Crippen molar-refractivity contribution >= 4 is 21.6 Å². The number of sulfonamides is 1. The minimum absolute atomic E-state index is 0.226. The first kappa shape index (κ1) is 14.8. The molecule has 0 amide bonds. The summed E-state index contributed by atoms with van der Waals surface area (Å²) in [5, 5.41) is 3.31. The third kappa shape index (κ3) is 3.28. The normalized spacial score (nSPS) is 17.6. The Kier molecular flexibility index (Phi) is 4.84. The van der Waals surface area contributed by atoms with Crippen LogP contribution in [0.1, 0.15) is 24.8 Å². The van der Waals surface area contributed by atoms with Crippen LogP contribution in [0.4, 0.5) is 0 Å². The van der Waals surface area contributed by atoms with Crippen molar-refractivity contribution in [3.05, 3.63) is 28.8 Å². The minimum atomic E-state index is -3.46. The highest BCUT2D eigenvalue weighted by Gasteiger charge is 2.28. The molecule has 0 aromatic heterocycles. The van der Waals surface area contributed by atoms with Gasteiger partial charge in [0.05, 0.1) is 5.02 Å². The number of benzene rings is 1. The number of piperidine rings is 1. The lowest BCUT2D eigenvalue weighted by molar-refractivity contribution is 0.346. The first-order chi connectivity index (χ1) is 9.05. The summed E-state index contributed by atoms with van der Waals surface area (Å²) in [5.74, 6) is 0. The van der Waals surface area contributed by atoms with E-state index in [2.05, 4.69) is 5.32 Å². The van der Waals surface area contributed by atoms with Crippen LogP contribution in [0.3, 0.4) is 0 Å². The molecule has 6 heteroatoms. The summed E-state index contributed by atoms with van der Waals surface area (Å²) in [4.78, 5) is 0.226. The Labute approximate surface area is 119 Å². The summed E-state index contributed by atoms with van der Waals surface area (Å²) in [6.07, 6.45) is 2.94. The molecule has 1 aromatic carbocycles. The van der Waals surface area contributed by atoms with Gasteiger partial charge in [0.1, 0.15) is 4.90 Å². The standard InChI is InChI=1S/C13H19ClN2O2S/c1-15-10-11-5-6-12(14)13(9-11)19(17,18)16-7-3-2-4-8-16/h5-6,9,15H,2-4,7-8,10H2,1H3. The molecule has 1 aromatic rings. The van der Waals surface area contributed by atoms with Gasteiger partial charge in [0.2, 0.25) is 10.0 Å². The average Bonchev–Trinajstić information content (AvgIpc) is 2.42. The van der Waals surface area contributed by atoms with Crippen LogP contribution in [-0.4, -0.2) is 32.9 Å². The Morgan fingerprint density at radius 3 is 2.58 bits per heavy atom. The van der Waals surface area contributed by atoms with Crippen molar-refractivity contribution in [2.45, 2.75) is 30.7 Å². The van der Waals surface area contributed by atoms with E-state index in [4.69, 9.17) is 11.6 Å². The summed E-state index contributed by atoms with van der Waals surface area (Å²) in [7, 11) is -1.63. The first-order valence-corrected chi connectivity index (χ1v) is 8.30. The van der Waals surface area contributed by atoms with Gasteiger partial charge in [-0.3, -0.25) is 0 Å². The molecule has 0 atom stereocenters. The molecule has 1 aliphatic rings. The monoisotopic (exact) mass is 302 g/mol. The van der Waals surface area contributed by atoms with Crippen LogP contribution in [0.2, 0.25) is 5.02 Å². The van der Waals surface area contributed by atoms with E-state index in [1.807, 2.05) is 13.1 Å². The van der Waals surface area contributed by atoms with Crippen LogP contribution in [-0.2, 0) is 16.6 Å². The maximum absolute atomic E-state index is 12.6. The van der Waals surface area contributed by atoms with Gasteiger partial charge in [0, 0.05) is 19.6 Å². The molecule has 1 fully saturated rings. The van der Waals surface area contributed by atoms with Gasteiger partial charge in [-0.15, -0.1) is 0 Å². The molecule has 0 aliphatic carbocycles. The number of hydrogen-bond acceptors (Lipinski definition) is 3. The highest BCUT2D eigenvalue weighted by molar-refractivity contribution is 7.89. The predicted octanol–water partition coefficient (Wildman–Crippen LogP) is 2.23. The Morgan fingerprint density at radius 2 is 1.95 bits per heavy atom. The summed E-state index contributed by atoms with van der Waals surface area (Å²) >= 11 is 6.07. The van der Waals surface area contributed by atoms with Gasteiger partial charge in [0.25, 0.3) is 0 Å². The Hall–Kier alpha value is -0.620. The molecule has 0 saturated carbocycles. The van der Waals surface area contributed by atoms with E-state index in [1.54, 1.807) is 16.4 Å². The zero-order valence-corrected chi connectivity index (χ0v) is 12.6. The molecule has 0 bridgehead atoms. The topological polar surface area (TPSA) is 49.4 Å². The quantitative estimate of drug-likeness (QED) is 0.928. The largest absolute Gasteiger partial charge is 0.316 e. The molecule has 0 radical (unpaired) electrons. The van der Waals surface area contributed by atoms with Gasteiger partial charge >= 0.3 is 0 Å². The van der Waals surface area contributed by atoms with Gasteiger partial charge < -0.3 is 5.32 Å². The summed E-state index contributed by atoms with van der Waals surface area (Å²) in [5.41, 5.74) is 0.919. The summed E-state index contributed by atoms with van der Waals surface area (Å²) in [6, 6.07) is 5.17. The fourth-order valence-corrected chi connectivity index (χ4v) is 4.35. The third-order valence-corrected chi connectivity index (χ3v) is 5.69. The van der Waals surface area contributed by atoms with Gasteiger partial charge in [-0.1, -0.05) is 24.1 Å². The van der Waals surface area contributed by atoms with E-state index in [9.17, 15) is 8.42 Å². The second kappa shape index (κ2) is 6.22. The lowest BCUT2D eigenvalue weighted by Crippen LogP contribution is -2.35. The van der Waals surface area contributed by atoms with E-state index >= 15 is 0 Å². The second-order valence-electron chi connectivity index (χ2n) is 4.76.